The van der Waals surface area contributed by atoms with Crippen molar-refractivity contribution in [1.29, 1.82) is 5.26 Å². The molecular formula is C22H21N3O4S. The number of carbonyl (C=O) groups excluding carboxylic acids is 1. The summed E-state index contributed by atoms with van der Waals surface area (Å²) in [6.45, 7) is 2.46. The molecule has 1 aromatic heterocycles. The number of nitriles is 1. The van der Waals surface area contributed by atoms with Crippen LogP contribution in [0.4, 0.5) is 5.69 Å². The molecule has 0 bridgehead atoms. The number of rotatable bonds is 8. The second-order valence-electron chi connectivity index (χ2n) is 6.14. The Balaban J connectivity index is 1.77. The second kappa shape index (κ2) is 9.85. The zero-order valence-electron chi connectivity index (χ0n) is 16.9. The van der Waals surface area contributed by atoms with Gasteiger partial charge in [0, 0.05) is 17.5 Å². The minimum absolute atomic E-state index is 0.0820. The molecule has 0 saturated heterocycles. The third kappa shape index (κ3) is 4.93. The van der Waals surface area contributed by atoms with Crippen LogP contribution in [-0.2, 0) is 4.79 Å². The lowest BCUT2D eigenvalue weighted by molar-refractivity contribution is -0.113. The Morgan fingerprint density at radius 2 is 1.93 bits per heavy atom. The SMILES string of the molecule is CCOc1ccc2cc(C#N)c(SCC(=O)Nc3cc(OC)ccc3OC)nc2c1. The Morgan fingerprint density at radius 3 is 2.63 bits per heavy atom. The summed E-state index contributed by atoms with van der Waals surface area (Å²) in [6.07, 6.45) is 0. The lowest BCUT2D eigenvalue weighted by atomic mass is 10.1. The van der Waals surface area contributed by atoms with E-state index in [-0.39, 0.29) is 11.7 Å². The van der Waals surface area contributed by atoms with Crippen molar-refractivity contribution in [3.8, 4) is 23.3 Å². The first-order valence-electron chi connectivity index (χ1n) is 9.20. The average Bonchev–Trinajstić information content (AvgIpc) is 2.77. The Labute approximate surface area is 179 Å². The number of pyridine rings is 1. The Bertz CT molecular complexity index is 1110. The topological polar surface area (TPSA) is 93.5 Å². The van der Waals surface area contributed by atoms with Crippen molar-refractivity contribution in [2.45, 2.75) is 11.9 Å². The fourth-order valence-electron chi connectivity index (χ4n) is 2.81. The van der Waals surface area contributed by atoms with E-state index in [9.17, 15) is 10.1 Å². The number of amides is 1. The number of aromatic nitrogens is 1. The summed E-state index contributed by atoms with van der Waals surface area (Å²) >= 11 is 1.20. The van der Waals surface area contributed by atoms with Crippen LogP contribution in [0.2, 0.25) is 0 Å². The molecular weight excluding hydrogens is 402 g/mol. The minimum Gasteiger partial charge on any atom is -0.497 e. The van der Waals surface area contributed by atoms with Crippen molar-refractivity contribution in [3.63, 3.8) is 0 Å². The van der Waals surface area contributed by atoms with Crippen molar-refractivity contribution in [3.05, 3.63) is 48.0 Å². The van der Waals surface area contributed by atoms with Crippen LogP contribution in [0.5, 0.6) is 17.2 Å². The van der Waals surface area contributed by atoms with Gasteiger partial charge in [0.25, 0.3) is 0 Å². The first-order valence-corrected chi connectivity index (χ1v) is 10.2. The average molecular weight is 423 g/mol. The molecule has 0 radical (unpaired) electrons. The largest absolute Gasteiger partial charge is 0.497 e. The molecule has 0 unspecified atom stereocenters. The highest BCUT2D eigenvalue weighted by molar-refractivity contribution is 8.00. The number of benzene rings is 2. The van der Waals surface area contributed by atoms with Gasteiger partial charge in [-0.05, 0) is 37.3 Å². The lowest BCUT2D eigenvalue weighted by Crippen LogP contribution is -2.15. The van der Waals surface area contributed by atoms with Crippen molar-refractivity contribution in [2.75, 3.05) is 31.9 Å². The summed E-state index contributed by atoms with van der Waals surface area (Å²) in [5, 5.41) is 13.6. The number of hydrogen-bond donors (Lipinski definition) is 1. The molecule has 7 nitrogen and oxygen atoms in total. The van der Waals surface area contributed by atoms with Crippen LogP contribution in [0.3, 0.4) is 0 Å². The van der Waals surface area contributed by atoms with Gasteiger partial charge >= 0.3 is 0 Å². The van der Waals surface area contributed by atoms with Gasteiger partial charge < -0.3 is 19.5 Å². The van der Waals surface area contributed by atoms with E-state index in [1.54, 1.807) is 31.4 Å². The molecule has 1 N–H and O–H groups in total. The summed E-state index contributed by atoms with van der Waals surface area (Å²) in [5.41, 5.74) is 1.64. The summed E-state index contributed by atoms with van der Waals surface area (Å²) in [4.78, 5) is 17.1. The van der Waals surface area contributed by atoms with Crippen LogP contribution < -0.4 is 19.5 Å². The van der Waals surface area contributed by atoms with Gasteiger partial charge in [0.15, 0.2) is 0 Å². The third-order valence-corrected chi connectivity index (χ3v) is 5.20. The van der Waals surface area contributed by atoms with Crippen LogP contribution in [0, 0.1) is 11.3 Å². The third-order valence-electron chi connectivity index (χ3n) is 4.21. The molecule has 1 amide bonds. The van der Waals surface area contributed by atoms with Gasteiger partial charge in [0.1, 0.15) is 28.3 Å². The molecule has 3 aromatic rings. The minimum atomic E-state index is -0.250. The first-order chi connectivity index (χ1) is 14.6. The van der Waals surface area contributed by atoms with Crippen LogP contribution in [0.25, 0.3) is 10.9 Å². The van der Waals surface area contributed by atoms with Crippen molar-refractivity contribution in [2.24, 2.45) is 0 Å². The number of nitrogens with zero attached hydrogens (tertiary/aromatic N) is 2. The van der Waals surface area contributed by atoms with E-state index in [0.717, 1.165) is 5.39 Å². The van der Waals surface area contributed by atoms with E-state index in [4.69, 9.17) is 14.2 Å². The molecule has 0 saturated carbocycles. The Kier molecular flexibility index (Phi) is 6.99. The van der Waals surface area contributed by atoms with Crippen LogP contribution in [0.1, 0.15) is 12.5 Å². The zero-order chi connectivity index (χ0) is 21.5. The first kappa shape index (κ1) is 21.3. The molecule has 1 heterocycles. The van der Waals surface area contributed by atoms with E-state index in [0.29, 0.717) is 45.6 Å². The normalized spacial score (nSPS) is 10.3. The molecule has 154 valence electrons. The zero-order valence-corrected chi connectivity index (χ0v) is 17.7. The number of anilines is 1. The van der Waals surface area contributed by atoms with Gasteiger partial charge in [-0.3, -0.25) is 4.79 Å². The molecule has 0 aliphatic carbocycles. The maximum absolute atomic E-state index is 12.5. The number of methoxy groups -OCH3 is 2. The molecule has 0 spiro atoms. The van der Waals surface area contributed by atoms with E-state index in [1.807, 2.05) is 25.1 Å². The molecule has 0 aliphatic rings. The lowest BCUT2D eigenvalue weighted by Gasteiger charge is -2.12. The molecule has 0 atom stereocenters. The molecule has 8 heteroatoms. The number of carbonyl (C=O) groups is 1. The summed E-state index contributed by atoms with van der Waals surface area (Å²) in [7, 11) is 3.08. The van der Waals surface area contributed by atoms with Crippen molar-refractivity contribution >= 4 is 34.3 Å². The van der Waals surface area contributed by atoms with Gasteiger partial charge in [0.05, 0.1) is 43.3 Å². The van der Waals surface area contributed by atoms with Gasteiger partial charge in [0.2, 0.25) is 5.91 Å². The predicted molar refractivity (Wildman–Crippen MR) is 117 cm³/mol. The van der Waals surface area contributed by atoms with Gasteiger partial charge in [-0.25, -0.2) is 4.98 Å². The maximum atomic E-state index is 12.5. The molecule has 0 aliphatic heterocycles. The number of hydrogen-bond acceptors (Lipinski definition) is 7. The van der Waals surface area contributed by atoms with Crippen LogP contribution in [-0.4, -0.2) is 37.5 Å². The van der Waals surface area contributed by atoms with Crippen LogP contribution in [0.15, 0.2) is 47.5 Å². The van der Waals surface area contributed by atoms with E-state index >= 15 is 0 Å². The predicted octanol–water partition coefficient (Wildman–Crippen LogP) is 4.25. The standard InChI is InChI=1S/C22H21N3O4S/c1-4-29-17-6-5-14-9-15(12-23)22(25-18(14)11-17)30-13-21(26)24-19-10-16(27-2)7-8-20(19)28-3/h5-11H,4,13H2,1-3H3,(H,24,26). The monoisotopic (exact) mass is 423 g/mol. The van der Waals surface area contributed by atoms with Crippen molar-refractivity contribution in [1.82, 2.24) is 4.98 Å². The van der Waals surface area contributed by atoms with Crippen molar-refractivity contribution < 1.29 is 19.0 Å². The summed E-state index contributed by atoms with van der Waals surface area (Å²) in [5.74, 6) is 1.67. The van der Waals surface area contributed by atoms with Gasteiger partial charge in [-0.2, -0.15) is 5.26 Å². The number of nitrogens with one attached hydrogen (secondary N) is 1. The maximum Gasteiger partial charge on any atom is 0.234 e. The van der Waals surface area contributed by atoms with E-state index in [1.165, 1.54) is 18.9 Å². The summed E-state index contributed by atoms with van der Waals surface area (Å²) < 4.78 is 16.0. The molecule has 3 rings (SSSR count). The van der Waals surface area contributed by atoms with E-state index < -0.39 is 0 Å². The Hall–Kier alpha value is -3.44. The van der Waals surface area contributed by atoms with Gasteiger partial charge in [-0.1, -0.05) is 11.8 Å². The highest BCUT2D eigenvalue weighted by Gasteiger charge is 2.13. The number of fused-ring (bicyclic) bond motifs is 1. The molecule has 2 aromatic carbocycles. The number of thioether (sulfide) groups is 1. The number of ether oxygens (including phenoxy) is 3. The van der Waals surface area contributed by atoms with Crippen LogP contribution >= 0.6 is 11.8 Å². The molecule has 0 fully saturated rings. The smallest absolute Gasteiger partial charge is 0.234 e. The fourth-order valence-corrected chi connectivity index (χ4v) is 3.57. The quantitative estimate of drug-likeness (QED) is 0.541. The summed E-state index contributed by atoms with van der Waals surface area (Å²) in [6, 6.07) is 14.6. The fraction of sp³-hybridized carbons (Fsp3) is 0.227. The van der Waals surface area contributed by atoms with E-state index in [2.05, 4.69) is 16.4 Å². The second-order valence-corrected chi connectivity index (χ2v) is 7.11. The highest BCUT2D eigenvalue weighted by atomic mass is 32.2. The Morgan fingerprint density at radius 1 is 1.13 bits per heavy atom. The van der Waals surface area contributed by atoms with Gasteiger partial charge in [-0.15, -0.1) is 0 Å². The highest BCUT2D eigenvalue weighted by Crippen LogP contribution is 2.30. The molecule has 30 heavy (non-hydrogen) atoms.